The molecule has 0 saturated heterocycles. The summed E-state index contributed by atoms with van der Waals surface area (Å²) in [6.07, 6.45) is 1.61. The van der Waals surface area contributed by atoms with Crippen LogP contribution in [0, 0.1) is 23.2 Å². The number of benzene rings is 4. The van der Waals surface area contributed by atoms with Gasteiger partial charge in [-0.1, -0.05) is 72.8 Å². The van der Waals surface area contributed by atoms with Crippen LogP contribution in [-0.2, 0) is 13.2 Å². The van der Waals surface area contributed by atoms with Crippen molar-refractivity contribution in [3.63, 3.8) is 0 Å². The van der Waals surface area contributed by atoms with E-state index < -0.39 is 0 Å². The second-order valence-corrected chi connectivity index (χ2v) is 9.92. The molecule has 1 heterocycles. The largest absolute Gasteiger partial charge is 0.489 e. The summed E-state index contributed by atoms with van der Waals surface area (Å²) in [5, 5.41) is 9.74. The van der Waals surface area contributed by atoms with Crippen LogP contribution in [0.1, 0.15) is 47.1 Å². The van der Waals surface area contributed by atoms with Gasteiger partial charge in [0.2, 0.25) is 0 Å². The summed E-state index contributed by atoms with van der Waals surface area (Å²) in [5.41, 5.74) is 4.56. The molecule has 4 unspecified atom stereocenters. The van der Waals surface area contributed by atoms with Gasteiger partial charge in [0, 0.05) is 17.4 Å². The van der Waals surface area contributed by atoms with Crippen molar-refractivity contribution in [1.82, 2.24) is 0 Å². The fraction of sp³-hybridized carbons (Fsp3) is 0.242. The summed E-state index contributed by atoms with van der Waals surface area (Å²) in [5.74, 6) is 3.12. The predicted molar refractivity (Wildman–Crippen MR) is 142 cm³/mol. The smallest absolute Gasteiger partial charge is 0.127 e. The van der Waals surface area contributed by atoms with Crippen molar-refractivity contribution >= 4 is 0 Å². The molecule has 4 heteroatoms. The molecule has 37 heavy (non-hydrogen) atoms. The van der Waals surface area contributed by atoms with Crippen LogP contribution in [-0.4, -0.2) is 0 Å². The van der Waals surface area contributed by atoms with Crippen molar-refractivity contribution in [2.24, 2.45) is 11.8 Å². The number of hydrogen-bond donors (Lipinski definition) is 0. The van der Waals surface area contributed by atoms with E-state index >= 15 is 0 Å². The van der Waals surface area contributed by atoms with Crippen LogP contribution < -0.4 is 14.2 Å². The van der Waals surface area contributed by atoms with Gasteiger partial charge in [-0.15, -0.1) is 0 Å². The molecule has 4 nitrogen and oxygen atoms in total. The van der Waals surface area contributed by atoms with E-state index in [1.54, 1.807) is 0 Å². The van der Waals surface area contributed by atoms with Crippen molar-refractivity contribution in [1.29, 1.82) is 5.26 Å². The second kappa shape index (κ2) is 10.4. The summed E-state index contributed by atoms with van der Waals surface area (Å²) in [7, 11) is 0. The monoisotopic (exact) mass is 487 g/mol. The van der Waals surface area contributed by atoms with Crippen molar-refractivity contribution in [3.05, 3.63) is 125 Å². The minimum Gasteiger partial charge on any atom is -0.489 e. The highest BCUT2D eigenvalue weighted by Gasteiger charge is 2.45. The predicted octanol–water partition coefficient (Wildman–Crippen LogP) is 7.61. The molecule has 2 aliphatic rings. The van der Waals surface area contributed by atoms with Crippen LogP contribution in [0.25, 0.3) is 0 Å². The molecule has 1 aliphatic heterocycles. The van der Waals surface area contributed by atoms with Crippen LogP contribution in [0.4, 0.5) is 0 Å². The molecule has 4 atom stereocenters. The lowest BCUT2D eigenvalue weighted by Crippen LogP contribution is -2.26. The standard InChI is InChI=1S/C33H29NO3/c34-20-25-17-29-30-19-28(36-22-24-9-5-2-6-10-24)15-16-32(30)37-33(31(29)18-25)26-11-13-27(14-12-26)35-21-23-7-3-1-4-8-23/h1-16,19,25,29,31,33H,17-18,21-22H2. The van der Waals surface area contributed by atoms with Gasteiger partial charge < -0.3 is 14.2 Å². The van der Waals surface area contributed by atoms with Crippen LogP contribution in [0.3, 0.4) is 0 Å². The highest BCUT2D eigenvalue weighted by Crippen LogP contribution is 2.56. The van der Waals surface area contributed by atoms with Crippen molar-refractivity contribution < 1.29 is 14.2 Å². The van der Waals surface area contributed by atoms with Gasteiger partial charge in [0.25, 0.3) is 0 Å². The lowest BCUT2D eigenvalue weighted by atomic mass is 9.80. The lowest BCUT2D eigenvalue weighted by molar-refractivity contribution is 0.103. The first-order chi connectivity index (χ1) is 18.3. The van der Waals surface area contributed by atoms with Crippen molar-refractivity contribution in [2.45, 2.75) is 38.1 Å². The van der Waals surface area contributed by atoms with Gasteiger partial charge in [-0.3, -0.25) is 0 Å². The molecule has 0 radical (unpaired) electrons. The van der Waals surface area contributed by atoms with Crippen LogP contribution in [0.5, 0.6) is 17.2 Å². The van der Waals surface area contributed by atoms with Gasteiger partial charge in [-0.2, -0.15) is 5.26 Å². The average Bonchev–Trinajstić information content (AvgIpc) is 3.41. The molecule has 1 fully saturated rings. The van der Waals surface area contributed by atoms with E-state index in [1.165, 1.54) is 0 Å². The Labute approximate surface area is 218 Å². The highest BCUT2D eigenvalue weighted by atomic mass is 16.5. The molecule has 0 amide bonds. The minimum atomic E-state index is -0.0879. The SMILES string of the molecule is N#CC1CC2c3cc(OCc4ccccc4)ccc3OC(c3ccc(OCc4ccccc4)cc3)C2C1. The topological polar surface area (TPSA) is 51.5 Å². The van der Waals surface area contributed by atoms with E-state index in [4.69, 9.17) is 14.2 Å². The number of hydrogen-bond acceptors (Lipinski definition) is 4. The Kier molecular flexibility index (Phi) is 6.52. The third-order valence-corrected chi connectivity index (χ3v) is 7.52. The first kappa shape index (κ1) is 23.2. The van der Waals surface area contributed by atoms with E-state index in [9.17, 15) is 5.26 Å². The van der Waals surface area contributed by atoms with Crippen LogP contribution >= 0.6 is 0 Å². The van der Waals surface area contributed by atoms with Gasteiger partial charge >= 0.3 is 0 Å². The molecule has 1 saturated carbocycles. The number of rotatable bonds is 7. The molecule has 0 bridgehead atoms. The quantitative estimate of drug-likeness (QED) is 0.269. The maximum Gasteiger partial charge on any atom is 0.127 e. The molecule has 0 N–H and O–H groups in total. The summed E-state index contributed by atoms with van der Waals surface area (Å²) in [6.45, 7) is 1.06. The van der Waals surface area contributed by atoms with Gasteiger partial charge in [0.1, 0.15) is 36.6 Å². The fourth-order valence-electron chi connectivity index (χ4n) is 5.66. The highest BCUT2D eigenvalue weighted by molar-refractivity contribution is 5.47. The Hall–Kier alpha value is -4.23. The Morgan fingerprint density at radius 3 is 2.00 bits per heavy atom. The molecule has 0 spiro atoms. The number of nitrogens with zero attached hydrogens (tertiary/aromatic N) is 1. The summed E-state index contributed by atoms with van der Waals surface area (Å²) < 4.78 is 18.7. The van der Waals surface area contributed by atoms with E-state index in [-0.39, 0.29) is 23.9 Å². The van der Waals surface area contributed by atoms with Crippen molar-refractivity contribution in [3.8, 4) is 23.3 Å². The lowest BCUT2D eigenvalue weighted by Gasteiger charge is -2.36. The maximum absolute atomic E-state index is 9.74. The molecule has 4 aromatic carbocycles. The Morgan fingerprint density at radius 1 is 0.730 bits per heavy atom. The van der Waals surface area contributed by atoms with Gasteiger partial charge in [-0.05, 0) is 65.8 Å². The van der Waals surface area contributed by atoms with E-state index in [0.717, 1.165) is 52.3 Å². The first-order valence-corrected chi connectivity index (χ1v) is 12.9. The number of ether oxygens (including phenoxy) is 3. The molecule has 6 rings (SSSR count). The second-order valence-electron chi connectivity index (χ2n) is 9.92. The molecular formula is C33H29NO3. The summed E-state index contributed by atoms with van der Waals surface area (Å²) >= 11 is 0. The van der Waals surface area contributed by atoms with Gasteiger partial charge in [0.15, 0.2) is 0 Å². The average molecular weight is 488 g/mol. The zero-order valence-corrected chi connectivity index (χ0v) is 20.6. The van der Waals surface area contributed by atoms with Crippen LogP contribution in [0.2, 0.25) is 0 Å². The zero-order chi connectivity index (χ0) is 25.0. The van der Waals surface area contributed by atoms with E-state index in [0.29, 0.717) is 13.2 Å². The van der Waals surface area contributed by atoms with Gasteiger partial charge in [0.05, 0.1) is 6.07 Å². The Balaban J connectivity index is 1.20. The normalized spacial score (nSPS) is 21.7. The summed E-state index contributed by atoms with van der Waals surface area (Å²) in [4.78, 5) is 0. The third-order valence-electron chi connectivity index (χ3n) is 7.52. The third kappa shape index (κ3) is 5.04. The van der Waals surface area contributed by atoms with Crippen LogP contribution in [0.15, 0.2) is 103 Å². The molecular weight excluding hydrogens is 458 g/mol. The maximum atomic E-state index is 9.74. The van der Waals surface area contributed by atoms with E-state index in [1.807, 2.05) is 60.7 Å². The first-order valence-electron chi connectivity index (χ1n) is 12.9. The van der Waals surface area contributed by atoms with Crippen molar-refractivity contribution in [2.75, 3.05) is 0 Å². The Bertz CT molecular complexity index is 1380. The fourth-order valence-corrected chi connectivity index (χ4v) is 5.66. The molecule has 184 valence electrons. The molecule has 0 aromatic heterocycles. The molecule has 1 aliphatic carbocycles. The van der Waals surface area contributed by atoms with E-state index in [2.05, 4.69) is 48.5 Å². The molecule has 4 aromatic rings. The number of fused-ring (bicyclic) bond motifs is 3. The number of nitriles is 1. The van der Waals surface area contributed by atoms with Gasteiger partial charge in [-0.25, -0.2) is 0 Å². The Morgan fingerprint density at radius 2 is 1.35 bits per heavy atom. The summed E-state index contributed by atoms with van der Waals surface area (Å²) in [6, 6.07) is 37.2. The zero-order valence-electron chi connectivity index (χ0n) is 20.6. The minimum absolute atomic E-state index is 0.0365.